The van der Waals surface area contributed by atoms with E-state index in [0.29, 0.717) is 24.8 Å². The number of fused-ring (bicyclic) bond motifs is 3. The van der Waals surface area contributed by atoms with Crippen LogP contribution in [0.15, 0.2) is 24.3 Å². The van der Waals surface area contributed by atoms with E-state index in [0.717, 1.165) is 9.80 Å². The second kappa shape index (κ2) is 24.5. The van der Waals surface area contributed by atoms with E-state index < -0.39 is 126 Å². The number of nitrogens with two attached hydrogens (primary N) is 1. The highest BCUT2D eigenvalue weighted by atomic mass is 16.5. The molecule has 12 atom stereocenters. The zero-order valence-electron chi connectivity index (χ0n) is 41.0. The van der Waals surface area contributed by atoms with Crippen molar-refractivity contribution < 1.29 is 58.1 Å². The number of ether oxygens (including phenoxy) is 1. The molecular formula is C48H74N8O12. The second-order valence-corrected chi connectivity index (χ2v) is 19.3. The number of phenolic OH excluding ortho intramolecular Hbond substituents is 1. The predicted octanol–water partition coefficient (Wildman–Crippen LogP) is 0.987. The van der Waals surface area contributed by atoms with E-state index >= 15 is 0 Å². The maximum absolute atomic E-state index is 14.9. The fourth-order valence-electron chi connectivity index (χ4n) is 9.16. The number of carbonyl (C=O) groups excluding carboxylic acids is 9. The summed E-state index contributed by atoms with van der Waals surface area (Å²) in [6, 6.07) is -3.46. The van der Waals surface area contributed by atoms with Crippen LogP contribution in [0, 0.1) is 23.7 Å². The van der Waals surface area contributed by atoms with Gasteiger partial charge in [0, 0.05) is 38.8 Å². The molecule has 1 aromatic rings. The number of aromatic hydroxyl groups is 1. The highest BCUT2D eigenvalue weighted by Crippen LogP contribution is 2.31. The first kappa shape index (κ1) is 54.8. The Labute approximate surface area is 399 Å². The molecule has 3 aliphatic rings. The monoisotopic (exact) mass is 955 g/mol. The number of rotatable bonds is 15. The fraction of sp³-hybridized carbons (Fsp3) is 0.688. The Balaban J connectivity index is 1.93. The highest BCUT2D eigenvalue weighted by Gasteiger charge is 2.52. The van der Waals surface area contributed by atoms with Gasteiger partial charge in [-0.25, -0.2) is 4.79 Å². The number of nitrogens with one attached hydrogen (secondary N) is 4. The predicted molar refractivity (Wildman–Crippen MR) is 248 cm³/mol. The largest absolute Gasteiger partial charge is 0.508 e. The smallest absolute Gasteiger partial charge is 0.329 e. The summed E-state index contributed by atoms with van der Waals surface area (Å²) in [5, 5.41) is 32.5. The number of likely N-dealkylation sites (N-methyl/N-ethyl adjacent to an activating group) is 1. The molecule has 68 heavy (non-hydrogen) atoms. The summed E-state index contributed by atoms with van der Waals surface area (Å²) in [6.07, 6.45) is -2.15. The summed E-state index contributed by atoms with van der Waals surface area (Å²) >= 11 is 0. The van der Waals surface area contributed by atoms with Crippen molar-refractivity contribution in [2.75, 3.05) is 13.6 Å². The average molecular weight is 955 g/mol. The van der Waals surface area contributed by atoms with Crippen LogP contribution >= 0.6 is 0 Å². The Hall–Kier alpha value is -5.79. The number of aliphatic hydroxyl groups is 1. The van der Waals surface area contributed by atoms with Crippen molar-refractivity contribution >= 4 is 53.2 Å². The SMILES string of the molecule is CCCC(=O)N[C@@H](CCC(N)=O)C(=O)N1CC(C)C2OC(=O)[C@H]([C@@H](C)CC)NC(=O)[C@H](Cc3ccc(O)cc3)N(C)C(=O)[C@@H]([C@@H](C)CC)N3C(=O)C(CCC3O)NC(=O)[C@H](CC(C)C)NC(=O)C21. The number of primary amides is 1. The standard InChI is InChI=1S/C48H74N8O12/c1-10-13-36(59)50-31(18-20-35(49)58)45(64)55-24-28(8)41-40(55)44(63)52-33(22-25(4)5)42(61)51-32-19-21-37(60)56(46(32)65)39(27(7)12-3)47(66)54(9)34(23-29-14-16-30(57)17-15-29)43(62)53-38(26(6)11-2)48(67)68-41/h14-17,25-28,31-34,37-41,57,60H,10-13,18-24H2,1-9H3,(H2,49,58)(H,50,59)(H,51,61)(H,52,63)(H,53,62)/t26-,27-,28?,31-,32?,33-,34-,37?,38-,39+,40?,41?/m0/s1. The van der Waals surface area contributed by atoms with Gasteiger partial charge in [0.2, 0.25) is 47.3 Å². The van der Waals surface area contributed by atoms with E-state index in [2.05, 4.69) is 21.3 Å². The van der Waals surface area contributed by atoms with Crippen LogP contribution in [0.3, 0.4) is 0 Å². The lowest BCUT2D eigenvalue weighted by Gasteiger charge is -2.44. The van der Waals surface area contributed by atoms with Crippen molar-refractivity contribution in [2.45, 2.75) is 174 Å². The van der Waals surface area contributed by atoms with Gasteiger partial charge in [-0.1, -0.05) is 80.4 Å². The summed E-state index contributed by atoms with van der Waals surface area (Å²) in [7, 11) is 1.40. The quantitative estimate of drug-likeness (QED) is 0.121. The Bertz CT molecular complexity index is 2000. The van der Waals surface area contributed by atoms with Crippen LogP contribution in [0.2, 0.25) is 0 Å². The van der Waals surface area contributed by atoms with Gasteiger partial charge in [0.1, 0.15) is 60.4 Å². The normalized spacial score (nSPS) is 27.9. The molecule has 0 spiro atoms. The Morgan fingerprint density at radius 3 is 2.10 bits per heavy atom. The lowest BCUT2D eigenvalue weighted by atomic mass is 9.91. The van der Waals surface area contributed by atoms with Gasteiger partial charge in [-0.05, 0) is 67.6 Å². The number of piperidine rings is 1. The molecule has 0 aliphatic carbocycles. The lowest BCUT2D eigenvalue weighted by Crippen LogP contribution is -2.66. The van der Waals surface area contributed by atoms with E-state index in [1.165, 1.54) is 24.1 Å². The van der Waals surface area contributed by atoms with Gasteiger partial charge in [-0.2, -0.15) is 0 Å². The number of nitrogens with zero attached hydrogens (tertiary/aromatic N) is 3. The molecule has 0 aromatic heterocycles. The third-order valence-corrected chi connectivity index (χ3v) is 13.5. The zero-order chi connectivity index (χ0) is 50.7. The van der Waals surface area contributed by atoms with Crippen molar-refractivity contribution in [3.05, 3.63) is 29.8 Å². The minimum Gasteiger partial charge on any atom is -0.508 e. The molecule has 3 saturated heterocycles. The first-order valence-corrected chi connectivity index (χ1v) is 24.1. The van der Waals surface area contributed by atoms with E-state index in [4.69, 9.17) is 10.5 Å². The third kappa shape index (κ3) is 13.5. The van der Waals surface area contributed by atoms with Crippen molar-refractivity contribution in [3.8, 4) is 5.75 Å². The highest BCUT2D eigenvalue weighted by molar-refractivity contribution is 5.99. The van der Waals surface area contributed by atoms with Gasteiger partial charge < -0.3 is 56.7 Å². The molecule has 20 heteroatoms. The van der Waals surface area contributed by atoms with E-state index in [1.54, 1.807) is 46.8 Å². The van der Waals surface area contributed by atoms with Crippen LogP contribution in [-0.2, 0) is 54.3 Å². The summed E-state index contributed by atoms with van der Waals surface area (Å²) in [5.74, 6) is -8.90. The number of aliphatic hydroxyl groups excluding tert-OH is 1. The van der Waals surface area contributed by atoms with Gasteiger partial charge in [-0.15, -0.1) is 0 Å². The van der Waals surface area contributed by atoms with Crippen LogP contribution in [0.5, 0.6) is 5.75 Å². The topological polar surface area (TPSA) is 287 Å². The summed E-state index contributed by atoms with van der Waals surface area (Å²) in [6.45, 7) is 13.9. The van der Waals surface area contributed by atoms with Crippen LogP contribution in [0.25, 0.3) is 0 Å². The molecule has 3 aliphatic heterocycles. The molecule has 378 valence electrons. The van der Waals surface area contributed by atoms with Gasteiger partial charge in [-0.3, -0.25) is 38.4 Å². The summed E-state index contributed by atoms with van der Waals surface area (Å²) in [4.78, 5) is 131. The van der Waals surface area contributed by atoms with Crippen LogP contribution in [0.4, 0.5) is 0 Å². The van der Waals surface area contributed by atoms with E-state index in [9.17, 15) is 53.4 Å². The molecule has 3 fully saturated rings. The van der Waals surface area contributed by atoms with Crippen LogP contribution in [0.1, 0.15) is 119 Å². The van der Waals surface area contributed by atoms with Gasteiger partial charge in [0.05, 0.1) is 0 Å². The molecule has 20 nitrogen and oxygen atoms in total. The third-order valence-electron chi connectivity index (χ3n) is 13.5. The molecule has 3 heterocycles. The van der Waals surface area contributed by atoms with Crippen LogP contribution in [-0.4, -0.2) is 146 Å². The number of amides is 8. The molecule has 4 rings (SSSR count). The number of likely N-dealkylation sites (tertiary alicyclic amines) is 1. The van der Waals surface area contributed by atoms with Gasteiger partial charge in [0.25, 0.3) is 0 Å². The summed E-state index contributed by atoms with van der Waals surface area (Å²) in [5.41, 5.74) is 5.99. The number of phenols is 1. The molecule has 1 aromatic carbocycles. The second-order valence-electron chi connectivity index (χ2n) is 19.3. The molecule has 5 unspecified atom stereocenters. The first-order valence-electron chi connectivity index (χ1n) is 24.1. The Morgan fingerprint density at radius 1 is 0.868 bits per heavy atom. The minimum atomic E-state index is -1.59. The molecule has 0 radical (unpaired) electrons. The molecule has 8 N–H and O–H groups in total. The first-order chi connectivity index (χ1) is 32.0. The van der Waals surface area contributed by atoms with Crippen molar-refractivity contribution in [1.82, 2.24) is 36.0 Å². The molecule has 2 bridgehead atoms. The van der Waals surface area contributed by atoms with E-state index in [-0.39, 0.29) is 63.2 Å². The Morgan fingerprint density at radius 2 is 1.51 bits per heavy atom. The number of esters is 1. The molecular weight excluding hydrogens is 881 g/mol. The van der Waals surface area contributed by atoms with Crippen LogP contribution < -0.4 is 27.0 Å². The number of hydrogen-bond acceptors (Lipinski definition) is 12. The summed E-state index contributed by atoms with van der Waals surface area (Å²) < 4.78 is 6.23. The zero-order valence-corrected chi connectivity index (χ0v) is 41.0. The lowest BCUT2D eigenvalue weighted by molar-refractivity contribution is -0.168. The fourth-order valence-corrected chi connectivity index (χ4v) is 9.16. The Kier molecular flexibility index (Phi) is 19.7. The van der Waals surface area contributed by atoms with Gasteiger partial charge >= 0.3 is 5.97 Å². The minimum absolute atomic E-state index is 0.0123. The van der Waals surface area contributed by atoms with E-state index in [1.807, 2.05) is 20.8 Å². The van der Waals surface area contributed by atoms with Crippen molar-refractivity contribution in [1.29, 1.82) is 0 Å². The molecule has 8 amide bonds. The molecule has 0 saturated carbocycles. The number of hydrogen-bond donors (Lipinski definition) is 7. The number of carbonyl (C=O) groups is 9. The van der Waals surface area contributed by atoms with Crippen molar-refractivity contribution in [3.63, 3.8) is 0 Å². The maximum Gasteiger partial charge on any atom is 0.329 e. The van der Waals surface area contributed by atoms with Gasteiger partial charge in [0.15, 0.2) is 0 Å². The average Bonchev–Trinajstić information content (AvgIpc) is 3.61. The maximum atomic E-state index is 14.9. The van der Waals surface area contributed by atoms with Crippen molar-refractivity contribution in [2.24, 2.45) is 29.4 Å². The number of benzene rings is 1.